The van der Waals surface area contributed by atoms with E-state index < -0.39 is 10.0 Å². The summed E-state index contributed by atoms with van der Waals surface area (Å²) in [5.41, 5.74) is 6.98. The number of nitrogens with two attached hydrogens (primary N) is 1. The number of hydrogen-bond donors (Lipinski definition) is 2. The van der Waals surface area contributed by atoms with E-state index in [1.165, 1.54) is 26.2 Å². The number of hydrogen-bond acceptors (Lipinski definition) is 4. The van der Waals surface area contributed by atoms with E-state index in [1.54, 1.807) is 26.8 Å². The highest BCUT2D eigenvalue weighted by Crippen LogP contribution is 2.22. The summed E-state index contributed by atoms with van der Waals surface area (Å²) in [6, 6.07) is 4.38. The number of rotatable bonds is 5. The molecule has 0 bridgehead atoms. The molecule has 21 heavy (non-hydrogen) atoms. The maximum Gasteiger partial charge on any atom is 0.242 e. The number of amides is 1. The lowest BCUT2D eigenvalue weighted by Crippen LogP contribution is -2.34. The molecule has 0 aliphatic heterocycles. The van der Waals surface area contributed by atoms with Crippen molar-refractivity contribution in [1.29, 1.82) is 0 Å². The fourth-order valence-electron chi connectivity index (χ4n) is 1.59. The third kappa shape index (κ3) is 4.03. The molecule has 1 aromatic rings. The molecule has 0 heterocycles. The van der Waals surface area contributed by atoms with Gasteiger partial charge in [0.05, 0.1) is 10.8 Å². The fraction of sp³-hybridized carbons (Fsp3) is 0.500. The second kappa shape index (κ2) is 6.55. The summed E-state index contributed by atoms with van der Waals surface area (Å²) in [7, 11) is -0.603. The van der Waals surface area contributed by atoms with E-state index >= 15 is 0 Å². The second-order valence-corrected chi connectivity index (χ2v) is 7.55. The van der Waals surface area contributed by atoms with Crippen molar-refractivity contribution in [3.8, 4) is 0 Å². The fourth-order valence-corrected chi connectivity index (χ4v) is 2.52. The average Bonchev–Trinajstić information content (AvgIpc) is 2.39. The molecular weight excluding hydrogens is 290 g/mol. The van der Waals surface area contributed by atoms with Gasteiger partial charge >= 0.3 is 0 Å². The molecule has 6 nitrogen and oxygen atoms in total. The topological polar surface area (TPSA) is 92.5 Å². The number of carbonyl (C=O) groups excluding carboxylic acids is 1. The number of benzene rings is 1. The predicted molar refractivity (Wildman–Crippen MR) is 83.5 cm³/mol. The van der Waals surface area contributed by atoms with Gasteiger partial charge in [-0.1, -0.05) is 13.0 Å². The van der Waals surface area contributed by atoms with E-state index in [0.717, 1.165) is 9.87 Å². The van der Waals surface area contributed by atoms with Crippen molar-refractivity contribution in [3.63, 3.8) is 0 Å². The van der Waals surface area contributed by atoms with E-state index in [1.807, 2.05) is 0 Å². The lowest BCUT2D eigenvalue weighted by Gasteiger charge is -2.18. The van der Waals surface area contributed by atoms with Crippen molar-refractivity contribution in [3.05, 3.63) is 23.8 Å². The summed E-state index contributed by atoms with van der Waals surface area (Å²) in [5, 5.41) is 2.74. The molecule has 0 radical (unpaired) electrons. The van der Waals surface area contributed by atoms with Gasteiger partial charge in [-0.15, -0.1) is 0 Å². The first-order valence-electron chi connectivity index (χ1n) is 6.67. The summed E-state index contributed by atoms with van der Waals surface area (Å²) in [6.45, 7) is 5.29. The molecule has 2 unspecified atom stereocenters. The van der Waals surface area contributed by atoms with Crippen molar-refractivity contribution in [2.45, 2.75) is 31.7 Å². The van der Waals surface area contributed by atoms with Crippen molar-refractivity contribution < 1.29 is 13.2 Å². The van der Waals surface area contributed by atoms with Crippen LogP contribution in [0.15, 0.2) is 23.1 Å². The molecule has 0 aliphatic rings. The molecule has 2 atom stereocenters. The summed E-state index contributed by atoms with van der Waals surface area (Å²) in [5.74, 6) is -0.592. The Morgan fingerprint density at radius 2 is 1.86 bits per heavy atom. The molecule has 3 N–H and O–H groups in total. The first-order valence-corrected chi connectivity index (χ1v) is 8.11. The number of sulfonamides is 1. The number of carbonyl (C=O) groups is 1. The van der Waals surface area contributed by atoms with Crippen LogP contribution in [0.3, 0.4) is 0 Å². The Balaban J connectivity index is 3.13. The van der Waals surface area contributed by atoms with Gasteiger partial charge in [-0.2, -0.15) is 0 Å². The average molecular weight is 313 g/mol. The Hall–Kier alpha value is -1.44. The van der Waals surface area contributed by atoms with Gasteiger partial charge in [-0.05, 0) is 31.5 Å². The Bertz CT molecular complexity index is 624. The minimum absolute atomic E-state index is 0.141. The van der Waals surface area contributed by atoms with E-state index in [9.17, 15) is 13.2 Å². The van der Waals surface area contributed by atoms with Gasteiger partial charge in [0.15, 0.2) is 0 Å². The first-order chi connectivity index (χ1) is 9.57. The van der Waals surface area contributed by atoms with Gasteiger partial charge in [-0.25, -0.2) is 12.7 Å². The summed E-state index contributed by atoms with van der Waals surface area (Å²) >= 11 is 0. The lowest BCUT2D eigenvalue weighted by atomic mass is 10.0. The number of nitrogens with one attached hydrogen (secondary N) is 1. The van der Waals surface area contributed by atoms with Crippen LogP contribution >= 0.6 is 0 Å². The van der Waals surface area contributed by atoms with E-state index in [4.69, 9.17) is 5.73 Å². The van der Waals surface area contributed by atoms with Crippen LogP contribution in [0.1, 0.15) is 19.4 Å². The summed E-state index contributed by atoms with van der Waals surface area (Å²) in [6.07, 6.45) is 0. The molecule has 118 valence electrons. The van der Waals surface area contributed by atoms with Crippen molar-refractivity contribution in [1.82, 2.24) is 4.31 Å². The van der Waals surface area contributed by atoms with Crippen LogP contribution < -0.4 is 11.1 Å². The first kappa shape index (κ1) is 17.6. The largest absolute Gasteiger partial charge is 0.327 e. The van der Waals surface area contributed by atoms with E-state index in [-0.39, 0.29) is 22.8 Å². The number of nitrogens with zero attached hydrogens (tertiary/aromatic N) is 1. The van der Waals surface area contributed by atoms with Gasteiger partial charge in [-0.3, -0.25) is 4.79 Å². The minimum atomic E-state index is -3.53. The second-order valence-electron chi connectivity index (χ2n) is 5.40. The van der Waals surface area contributed by atoms with Gasteiger partial charge in [0.1, 0.15) is 0 Å². The van der Waals surface area contributed by atoms with Crippen LogP contribution in [-0.4, -0.2) is 38.8 Å². The van der Waals surface area contributed by atoms with E-state index in [0.29, 0.717) is 5.69 Å². The highest BCUT2D eigenvalue weighted by Gasteiger charge is 2.21. The van der Waals surface area contributed by atoms with Crippen LogP contribution in [-0.2, 0) is 14.8 Å². The van der Waals surface area contributed by atoms with Crippen LogP contribution in [0.4, 0.5) is 5.69 Å². The third-order valence-corrected chi connectivity index (χ3v) is 5.26. The quantitative estimate of drug-likeness (QED) is 0.853. The highest BCUT2D eigenvalue weighted by molar-refractivity contribution is 7.89. The maximum absolute atomic E-state index is 12.1. The molecule has 1 amide bonds. The van der Waals surface area contributed by atoms with Gasteiger partial charge in [0, 0.05) is 25.8 Å². The molecule has 0 aromatic heterocycles. The summed E-state index contributed by atoms with van der Waals surface area (Å²) in [4.78, 5) is 12.2. The standard InChI is InChI=1S/C14H23N3O3S/c1-9-6-7-12(21(19,20)17(4)5)8-13(9)16-14(18)10(2)11(3)15/h6-8,10-11H,15H2,1-5H3,(H,16,18). The smallest absolute Gasteiger partial charge is 0.242 e. The normalized spacial score (nSPS) is 14.8. The third-order valence-electron chi connectivity index (χ3n) is 3.45. The Kier molecular flexibility index (Phi) is 5.49. The zero-order chi connectivity index (χ0) is 16.4. The van der Waals surface area contributed by atoms with Gasteiger partial charge < -0.3 is 11.1 Å². The van der Waals surface area contributed by atoms with Crippen molar-refractivity contribution in [2.24, 2.45) is 11.7 Å². The summed E-state index contributed by atoms with van der Waals surface area (Å²) < 4.78 is 25.4. The Labute approximate surface area is 126 Å². The van der Waals surface area contributed by atoms with Crippen LogP contribution in [0.2, 0.25) is 0 Å². The number of anilines is 1. The molecule has 0 aliphatic carbocycles. The molecule has 0 saturated carbocycles. The Morgan fingerprint density at radius 3 is 2.33 bits per heavy atom. The molecule has 0 fully saturated rings. The molecule has 1 rings (SSSR count). The number of aryl methyl sites for hydroxylation is 1. The van der Waals surface area contributed by atoms with Gasteiger partial charge in [0.25, 0.3) is 0 Å². The molecular formula is C14H23N3O3S. The van der Waals surface area contributed by atoms with Crippen LogP contribution in [0.25, 0.3) is 0 Å². The zero-order valence-electron chi connectivity index (χ0n) is 13.0. The molecule has 1 aromatic carbocycles. The van der Waals surface area contributed by atoms with Crippen LogP contribution in [0, 0.1) is 12.8 Å². The minimum Gasteiger partial charge on any atom is -0.327 e. The van der Waals surface area contributed by atoms with Crippen LogP contribution in [0.5, 0.6) is 0 Å². The van der Waals surface area contributed by atoms with Crippen molar-refractivity contribution in [2.75, 3.05) is 19.4 Å². The maximum atomic E-state index is 12.1. The molecule has 0 saturated heterocycles. The SMILES string of the molecule is Cc1ccc(S(=O)(=O)N(C)C)cc1NC(=O)C(C)C(C)N. The highest BCUT2D eigenvalue weighted by atomic mass is 32.2. The monoisotopic (exact) mass is 313 g/mol. The zero-order valence-corrected chi connectivity index (χ0v) is 13.9. The lowest BCUT2D eigenvalue weighted by molar-refractivity contribution is -0.119. The van der Waals surface area contributed by atoms with Crippen molar-refractivity contribution >= 4 is 21.6 Å². The molecule has 0 spiro atoms. The predicted octanol–water partition coefficient (Wildman–Crippen LogP) is 1.17. The van der Waals surface area contributed by atoms with E-state index in [2.05, 4.69) is 5.32 Å². The molecule has 7 heteroatoms. The Morgan fingerprint density at radius 1 is 1.29 bits per heavy atom. The van der Waals surface area contributed by atoms with Gasteiger partial charge in [0.2, 0.25) is 15.9 Å².